The Morgan fingerprint density at radius 1 is 1.17 bits per heavy atom. The van der Waals surface area contributed by atoms with E-state index in [1.54, 1.807) is 36.1 Å². The molecule has 0 radical (unpaired) electrons. The van der Waals surface area contributed by atoms with E-state index in [4.69, 9.17) is 0 Å². The van der Waals surface area contributed by atoms with E-state index in [0.717, 1.165) is 18.6 Å². The topological polar surface area (TPSA) is 57.6 Å². The second kappa shape index (κ2) is 7.21. The zero-order valence-electron chi connectivity index (χ0n) is 16.4. The maximum absolute atomic E-state index is 13.4. The number of ketones is 1. The minimum absolute atomic E-state index is 0.229. The van der Waals surface area contributed by atoms with Crippen LogP contribution in [-0.4, -0.2) is 29.5 Å². The molecule has 1 atom stereocenters. The molecule has 0 bridgehead atoms. The third kappa shape index (κ3) is 3.50. The second-order valence-electron chi connectivity index (χ2n) is 7.84. The predicted molar refractivity (Wildman–Crippen MR) is 103 cm³/mol. The second-order valence-corrected chi connectivity index (χ2v) is 7.84. The first-order valence-electron chi connectivity index (χ1n) is 9.34. The molecule has 7 heteroatoms. The molecule has 29 heavy (non-hydrogen) atoms. The number of rotatable bonds is 5. The summed E-state index contributed by atoms with van der Waals surface area (Å²) in [5.74, 6) is -2.81. The van der Waals surface area contributed by atoms with Gasteiger partial charge in [-0.1, -0.05) is 38.1 Å². The summed E-state index contributed by atoms with van der Waals surface area (Å²) in [7, 11) is 0. The van der Waals surface area contributed by atoms with Crippen molar-refractivity contribution in [2.45, 2.75) is 38.8 Å². The molecular weight excluding hydrogens is 383 g/mol. The number of phenols is 1. The molecule has 1 heterocycles. The monoisotopic (exact) mass is 405 g/mol. The summed E-state index contributed by atoms with van der Waals surface area (Å²) < 4.78 is 38.8. The molecule has 1 aliphatic heterocycles. The summed E-state index contributed by atoms with van der Waals surface area (Å²) >= 11 is 0. The Kier molecular flexibility index (Phi) is 5.19. The van der Waals surface area contributed by atoms with E-state index in [-0.39, 0.29) is 11.5 Å². The van der Waals surface area contributed by atoms with E-state index in [9.17, 15) is 27.9 Å². The zero-order chi connectivity index (χ0) is 21.6. The lowest BCUT2D eigenvalue weighted by Gasteiger charge is -2.26. The number of alkyl halides is 3. The van der Waals surface area contributed by atoms with Gasteiger partial charge in [0.2, 0.25) is 5.91 Å². The fourth-order valence-corrected chi connectivity index (χ4v) is 3.70. The predicted octanol–water partition coefficient (Wildman–Crippen LogP) is 4.84. The van der Waals surface area contributed by atoms with E-state index in [1.807, 2.05) is 13.8 Å². The van der Waals surface area contributed by atoms with Gasteiger partial charge in [0.05, 0.1) is 11.0 Å². The van der Waals surface area contributed by atoms with Gasteiger partial charge in [-0.05, 0) is 48.6 Å². The molecule has 0 unspecified atom stereocenters. The van der Waals surface area contributed by atoms with Gasteiger partial charge in [-0.25, -0.2) is 0 Å². The molecule has 1 amide bonds. The van der Waals surface area contributed by atoms with Gasteiger partial charge in [-0.3, -0.25) is 9.59 Å². The Balaban J connectivity index is 2.13. The Bertz CT molecular complexity index is 968. The standard InChI is InChI=1S/C22H22F3NO3/c1-13(2)10-11-26-17-7-5-4-6-16(17)21(3,20(26)29)14-8-9-18(27)15(12-14)19(28)22(23,24)25/h4-9,12-13,27H,10-11H2,1-3H3/t21-/m0/s1. The van der Waals surface area contributed by atoms with Gasteiger partial charge in [0.15, 0.2) is 0 Å². The molecule has 2 aromatic rings. The van der Waals surface area contributed by atoms with Gasteiger partial charge < -0.3 is 10.0 Å². The van der Waals surface area contributed by atoms with Crippen LogP contribution in [0.2, 0.25) is 0 Å². The molecule has 0 aliphatic carbocycles. The van der Waals surface area contributed by atoms with Crippen LogP contribution in [-0.2, 0) is 10.2 Å². The molecule has 0 fully saturated rings. The average molecular weight is 405 g/mol. The zero-order valence-corrected chi connectivity index (χ0v) is 16.4. The maximum atomic E-state index is 13.4. The molecule has 1 aliphatic rings. The number of para-hydroxylation sites is 1. The van der Waals surface area contributed by atoms with Crippen LogP contribution in [0.4, 0.5) is 18.9 Å². The van der Waals surface area contributed by atoms with Gasteiger partial charge in [-0.2, -0.15) is 13.2 Å². The van der Waals surface area contributed by atoms with Crippen molar-refractivity contribution < 1.29 is 27.9 Å². The smallest absolute Gasteiger partial charge is 0.455 e. The van der Waals surface area contributed by atoms with Crippen molar-refractivity contribution in [2.75, 3.05) is 11.4 Å². The molecule has 3 rings (SSSR count). The fourth-order valence-electron chi connectivity index (χ4n) is 3.70. The highest BCUT2D eigenvalue weighted by atomic mass is 19.4. The number of nitrogens with zero attached hydrogens (tertiary/aromatic N) is 1. The first-order chi connectivity index (χ1) is 13.5. The number of anilines is 1. The minimum atomic E-state index is -5.13. The summed E-state index contributed by atoms with van der Waals surface area (Å²) in [4.78, 5) is 26.8. The fraction of sp³-hybridized carbons (Fsp3) is 0.364. The third-order valence-corrected chi connectivity index (χ3v) is 5.41. The molecule has 2 aromatic carbocycles. The molecule has 0 aromatic heterocycles. The van der Waals surface area contributed by atoms with E-state index >= 15 is 0 Å². The van der Waals surface area contributed by atoms with E-state index in [1.165, 1.54) is 6.07 Å². The van der Waals surface area contributed by atoms with Crippen LogP contribution >= 0.6 is 0 Å². The van der Waals surface area contributed by atoms with Crippen molar-refractivity contribution in [3.63, 3.8) is 0 Å². The van der Waals surface area contributed by atoms with Crippen LogP contribution in [0, 0.1) is 5.92 Å². The molecular formula is C22H22F3NO3. The Labute approximate surface area is 167 Å². The van der Waals surface area contributed by atoms with Crippen molar-refractivity contribution in [1.82, 2.24) is 0 Å². The highest BCUT2D eigenvalue weighted by Crippen LogP contribution is 2.47. The Morgan fingerprint density at radius 2 is 1.83 bits per heavy atom. The molecule has 1 N–H and O–H groups in total. The molecule has 0 saturated heterocycles. The number of Topliss-reactive ketones (excluding diaryl/α,β-unsaturated/α-hetero) is 1. The largest absolute Gasteiger partial charge is 0.507 e. The SMILES string of the molecule is CC(C)CCN1C(=O)[C@@](C)(c2ccc(O)c(C(=O)C(F)(F)F)c2)c2ccccc21. The average Bonchev–Trinajstić information content (AvgIpc) is 2.87. The van der Waals surface area contributed by atoms with Crippen LogP contribution < -0.4 is 4.90 Å². The normalized spacial score (nSPS) is 19.0. The number of carbonyl (C=O) groups excluding carboxylic acids is 2. The van der Waals surface area contributed by atoms with E-state index < -0.39 is 28.7 Å². The number of carbonyl (C=O) groups is 2. The van der Waals surface area contributed by atoms with E-state index in [0.29, 0.717) is 23.7 Å². The summed E-state index contributed by atoms with van der Waals surface area (Å²) in [6.45, 7) is 6.20. The van der Waals surface area contributed by atoms with Crippen molar-refractivity contribution in [1.29, 1.82) is 0 Å². The number of hydrogen-bond donors (Lipinski definition) is 1. The lowest BCUT2D eigenvalue weighted by molar-refractivity contribution is -0.121. The highest BCUT2D eigenvalue weighted by Gasteiger charge is 2.49. The van der Waals surface area contributed by atoms with E-state index in [2.05, 4.69) is 0 Å². The quantitative estimate of drug-likeness (QED) is 0.725. The number of benzene rings is 2. The first-order valence-corrected chi connectivity index (χ1v) is 9.34. The Morgan fingerprint density at radius 3 is 2.45 bits per heavy atom. The van der Waals surface area contributed by atoms with Gasteiger partial charge in [-0.15, -0.1) is 0 Å². The number of aromatic hydroxyl groups is 1. The molecule has 154 valence electrons. The van der Waals surface area contributed by atoms with Crippen LogP contribution in [0.15, 0.2) is 42.5 Å². The first kappa shape index (κ1) is 20.9. The summed E-state index contributed by atoms with van der Waals surface area (Å²) in [6.07, 6.45) is -4.36. The van der Waals surface area contributed by atoms with Crippen LogP contribution in [0.1, 0.15) is 48.7 Å². The molecule has 0 saturated carbocycles. The van der Waals surface area contributed by atoms with Crippen molar-refractivity contribution in [2.24, 2.45) is 5.92 Å². The lowest BCUT2D eigenvalue weighted by atomic mass is 9.76. The number of phenolic OH excluding ortho intramolecular Hbond substituents is 1. The number of amides is 1. The summed E-state index contributed by atoms with van der Waals surface area (Å²) in [6, 6.07) is 10.5. The van der Waals surface area contributed by atoms with Gasteiger partial charge in [0, 0.05) is 12.2 Å². The molecule has 0 spiro atoms. The van der Waals surface area contributed by atoms with Crippen molar-refractivity contribution in [3.8, 4) is 5.75 Å². The lowest BCUT2D eigenvalue weighted by Crippen LogP contribution is -2.40. The highest BCUT2D eigenvalue weighted by molar-refractivity contribution is 6.10. The van der Waals surface area contributed by atoms with Gasteiger partial charge in [0.1, 0.15) is 5.75 Å². The van der Waals surface area contributed by atoms with Gasteiger partial charge in [0.25, 0.3) is 5.78 Å². The van der Waals surface area contributed by atoms with Crippen LogP contribution in [0.3, 0.4) is 0 Å². The Hall–Kier alpha value is -2.83. The van der Waals surface area contributed by atoms with Crippen LogP contribution in [0.5, 0.6) is 5.75 Å². The number of fused-ring (bicyclic) bond motifs is 1. The van der Waals surface area contributed by atoms with Crippen molar-refractivity contribution in [3.05, 3.63) is 59.2 Å². The maximum Gasteiger partial charge on any atom is 0.455 e. The minimum Gasteiger partial charge on any atom is -0.507 e. The number of halogens is 3. The number of hydrogen-bond acceptors (Lipinski definition) is 3. The van der Waals surface area contributed by atoms with Gasteiger partial charge >= 0.3 is 6.18 Å². The molecule has 4 nitrogen and oxygen atoms in total. The summed E-state index contributed by atoms with van der Waals surface area (Å²) in [5.41, 5.74) is -0.529. The van der Waals surface area contributed by atoms with Crippen molar-refractivity contribution >= 4 is 17.4 Å². The van der Waals surface area contributed by atoms with Crippen LogP contribution in [0.25, 0.3) is 0 Å². The summed E-state index contributed by atoms with van der Waals surface area (Å²) in [5, 5.41) is 9.84. The third-order valence-electron chi connectivity index (χ3n) is 5.41.